The summed E-state index contributed by atoms with van der Waals surface area (Å²) >= 11 is 0. The van der Waals surface area contributed by atoms with Crippen molar-refractivity contribution in [1.82, 2.24) is 19.4 Å². The van der Waals surface area contributed by atoms with Crippen molar-refractivity contribution in [2.45, 2.75) is 60.2 Å². The van der Waals surface area contributed by atoms with Gasteiger partial charge in [0.15, 0.2) is 0 Å². The predicted octanol–water partition coefficient (Wildman–Crippen LogP) is 2.81. The van der Waals surface area contributed by atoms with E-state index in [1.165, 1.54) is 30.8 Å². The summed E-state index contributed by atoms with van der Waals surface area (Å²) in [5.74, 6) is -0.847. The molecule has 0 saturated heterocycles. The van der Waals surface area contributed by atoms with Crippen LogP contribution in [-0.2, 0) is 23.2 Å². The minimum absolute atomic E-state index is 0.140. The highest BCUT2D eigenvalue weighted by atomic mass is 19.1. The van der Waals surface area contributed by atoms with E-state index in [1.807, 2.05) is 13.8 Å². The molecule has 11 nitrogen and oxygen atoms in total. The Kier molecular flexibility index (Phi) is 16.3. The highest BCUT2D eigenvalue weighted by Crippen LogP contribution is 2.27. The van der Waals surface area contributed by atoms with Crippen molar-refractivity contribution < 1.29 is 22.8 Å². The minimum atomic E-state index is -0.757. The first kappa shape index (κ1) is 37.6. The quantitative estimate of drug-likeness (QED) is 0.394. The molecule has 1 aliphatic rings. The topological polar surface area (TPSA) is 144 Å². The van der Waals surface area contributed by atoms with Gasteiger partial charge in [0, 0.05) is 30.5 Å². The number of fused-ring (bicyclic) bond motifs is 1. The molecule has 0 aromatic carbocycles. The Balaban J connectivity index is 0.00000263. The number of nitrogens with one attached hydrogen (secondary N) is 2. The standard InChI is InChI=1S/C24H30FN7O4.C2H6.2CH3F/c1-13(7-6-8-19(26)17-9-18(25)15(3)27-10-17)29-22(34)16(4)32-12-28-21-20(32)23(35)31(11-14(2)33)24(36)30(21)5;3*1-2/h6-10,13,16,28H,11-12,26H2,1-5H3,(H,29,34);1-2H3;2*1H3/b7-6-,19-8-;;;/t13?,16-;;;/m0.../s1. The largest absolute Gasteiger partial charge is 0.398 e. The van der Waals surface area contributed by atoms with Crippen LogP contribution in [0.25, 0.3) is 5.70 Å². The maximum absolute atomic E-state index is 13.7. The number of aryl methyl sites for hydroxylation is 1. The molecule has 2 aromatic heterocycles. The van der Waals surface area contributed by atoms with Gasteiger partial charge < -0.3 is 21.3 Å². The Morgan fingerprint density at radius 3 is 2.33 bits per heavy atom. The third-order valence-corrected chi connectivity index (χ3v) is 5.86. The molecule has 0 bridgehead atoms. The first-order chi connectivity index (χ1) is 19.9. The van der Waals surface area contributed by atoms with E-state index in [0.29, 0.717) is 31.4 Å². The maximum Gasteiger partial charge on any atom is 0.332 e. The van der Waals surface area contributed by atoms with E-state index in [1.54, 1.807) is 43.9 Å². The number of pyridine rings is 1. The van der Waals surface area contributed by atoms with Gasteiger partial charge in [-0.3, -0.25) is 37.3 Å². The number of amides is 1. The highest BCUT2D eigenvalue weighted by Gasteiger charge is 2.33. The smallest absolute Gasteiger partial charge is 0.332 e. The van der Waals surface area contributed by atoms with E-state index in [9.17, 15) is 32.3 Å². The van der Waals surface area contributed by atoms with Crippen LogP contribution in [-0.4, -0.2) is 58.9 Å². The molecule has 3 rings (SSSR count). The third-order valence-electron chi connectivity index (χ3n) is 5.86. The lowest BCUT2D eigenvalue weighted by Gasteiger charge is -2.25. The predicted molar refractivity (Wildman–Crippen MR) is 160 cm³/mol. The first-order valence-electron chi connectivity index (χ1n) is 13.1. The fourth-order valence-corrected chi connectivity index (χ4v) is 3.77. The molecule has 0 radical (unpaired) electrons. The van der Waals surface area contributed by atoms with Crippen LogP contribution in [0, 0.1) is 12.7 Å². The summed E-state index contributed by atoms with van der Waals surface area (Å²) in [5, 5.41) is 5.82. The van der Waals surface area contributed by atoms with Crippen LogP contribution in [0.4, 0.5) is 24.7 Å². The molecule has 14 heteroatoms. The Morgan fingerprint density at radius 2 is 1.79 bits per heavy atom. The maximum atomic E-state index is 13.7. The van der Waals surface area contributed by atoms with Gasteiger partial charge in [-0.1, -0.05) is 26.0 Å². The number of rotatable bonds is 8. The van der Waals surface area contributed by atoms with Gasteiger partial charge in [-0.15, -0.1) is 0 Å². The van der Waals surface area contributed by atoms with Gasteiger partial charge in [0.2, 0.25) is 5.91 Å². The Labute approximate surface area is 243 Å². The molecule has 234 valence electrons. The number of hydrogen-bond donors (Lipinski definition) is 3. The first-order valence-corrected chi connectivity index (χ1v) is 13.1. The van der Waals surface area contributed by atoms with Gasteiger partial charge in [-0.05, 0) is 39.8 Å². The zero-order valence-corrected chi connectivity index (χ0v) is 25.6. The number of allylic oxidation sites excluding steroid dienone is 2. The molecule has 1 amide bonds. The summed E-state index contributed by atoms with van der Waals surface area (Å²) in [5.41, 5.74) is 5.92. The van der Waals surface area contributed by atoms with Gasteiger partial charge in [-0.2, -0.15) is 0 Å². The molecule has 0 aliphatic carbocycles. The van der Waals surface area contributed by atoms with Crippen LogP contribution in [0.5, 0.6) is 0 Å². The molecule has 0 saturated carbocycles. The monoisotopic (exact) mass is 597 g/mol. The van der Waals surface area contributed by atoms with Gasteiger partial charge in [-0.25, -0.2) is 9.18 Å². The van der Waals surface area contributed by atoms with E-state index in [0.717, 1.165) is 4.57 Å². The zero-order valence-electron chi connectivity index (χ0n) is 25.6. The molecule has 1 unspecified atom stereocenters. The van der Waals surface area contributed by atoms with Crippen molar-refractivity contribution in [1.29, 1.82) is 0 Å². The van der Waals surface area contributed by atoms with Crippen molar-refractivity contribution in [3.05, 3.63) is 68.4 Å². The van der Waals surface area contributed by atoms with Gasteiger partial charge in [0.05, 0.1) is 33.3 Å². The van der Waals surface area contributed by atoms with Gasteiger partial charge in [0.1, 0.15) is 29.1 Å². The third kappa shape index (κ3) is 9.35. The van der Waals surface area contributed by atoms with Gasteiger partial charge in [0.25, 0.3) is 5.56 Å². The number of aromatic nitrogens is 3. The lowest BCUT2D eigenvalue weighted by atomic mass is 10.1. The molecular formula is C28H42F3N7O4. The van der Waals surface area contributed by atoms with Crippen molar-refractivity contribution in [2.75, 3.05) is 31.2 Å². The van der Waals surface area contributed by atoms with Crippen LogP contribution in [0.15, 0.2) is 40.1 Å². The van der Waals surface area contributed by atoms with E-state index >= 15 is 0 Å². The van der Waals surface area contributed by atoms with Crippen LogP contribution in [0.1, 0.15) is 45.9 Å². The summed E-state index contributed by atoms with van der Waals surface area (Å²) in [6.07, 6.45) is 6.41. The Bertz CT molecular complexity index is 1390. The zero-order chi connectivity index (χ0) is 32.7. The molecular weight excluding hydrogens is 555 g/mol. The number of ketones is 1. The summed E-state index contributed by atoms with van der Waals surface area (Å²) in [4.78, 5) is 55.5. The highest BCUT2D eigenvalue weighted by molar-refractivity contribution is 5.87. The minimum Gasteiger partial charge on any atom is -0.398 e. The van der Waals surface area contributed by atoms with Crippen molar-refractivity contribution in [2.24, 2.45) is 12.8 Å². The fourth-order valence-electron chi connectivity index (χ4n) is 3.77. The Morgan fingerprint density at radius 1 is 1.19 bits per heavy atom. The van der Waals surface area contributed by atoms with Crippen molar-refractivity contribution in [3.63, 3.8) is 0 Å². The summed E-state index contributed by atoms with van der Waals surface area (Å²) in [6.45, 7) is 10.0. The number of carbonyl (C=O) groups is 2. The molecule has 4 N–H and O–H groups in total. The number of Topliss-reactive ketones (excluding diaryl/α,β-unsaturated/α-hetero) is 1. The average Bonchev–Trinajstić information content (AvgIpc) is 3.43. The molecule has 42 heavy (non-hydrogen) atoms. The summed E-state index contributed by atoms with van der Waals surface area (Å²) < 4.78 is 34.8. The number of alkyl halides is 2. The molecule has 2 aromatic rings. The number of carbonyl (C=O) groups excluding carboxylic acids is 2. The van der Waals surface area contributed by atoms with Crippen molar-refractivity contribution in [3.8, 4) is 0 Å². The van der Waals surface area contributed by atoms with E-state index in [2.05, 4.69) is 15.6 Å². The fraction of sp³-hybridized carbons (Fsp3) is 0.464. The Hall–Kier alpha value is -4.36. The summed E-state index contributed by atoms with van der Waals surface area (Å²) in [7, 11) is 2.49. The number of hydrogen-bond acceptors (Lipinski definition) is 8. The van der Waals surface area contributed by atoms with Crippen LogP contribution >= 0.6 is 0 Å². The number of anilines is 2. The van der Waals surface area contributed by atoms with Crippen molar-refractivity contribution >= 4 is 28.9 Å². The number of halogens is 3. The van der Waals surface area contributed by atoms with Crippen LogP contribution in [0.3, 0.4) is 0 Å². The van der Waals surface area contributed by atoms with E-state index < -0.39 is 23.1 Å². The molecule has 1 aliphatic heterocycles. The number of nitrogens with two attached hydrogens (primary N) is 1. The molecule has 0 spiro atoms. The van der Waals surface area contributed by atoms with E-state index in [4.69, 9.17) is 5.73 Å². The molecule has 2 atom stereocenters. The lowest BCUT2D eigenvalue weighted by molar-refractivity contribution is -0.122. The average molecular weight is 598 g/mol. The normalized spacial score (nSPS) is 13.2. The van der Waals surface area contributed by atoms with E-state index in [-0.39, 0.29) is 42.3 Å². The SMILES string of the molecule is CC.CC(=O)Cn1c(=O)c2c(n(C)c1=O)NCN2[C@@H](C)C(=O)NC(C)/C=C\C=C(/N)c1cnc(C)c(F)c1.CF.CF. The van der Waals surface area contributed by atoms with Crippen LogP contribution in [0.2, 0.25) is 0 Å². The molecule has 3 heterocycles. The summed E-state index contributed by atoms with van der Waals surface area (Å²) in [6, 6.07) is 0.158. The van der Waals surface area contributed by atoms with Crippen LogP contribution < -0.4 is 32.5 Å². The second-order valence-electron chi connectivity index (χ2n) is 8.71. The second-order valence-corrected chi connectivity index (χ2v) is 8.71. The lowest BCUT2D eigenvalue weighted by Crippen LogP contribution is -2.49. The second kappa shape index (κ2) is 18.1. The van der Waals surface area contributed by atoms with Gasteiger partial charge >= 0.3 is 5.69 Å². The number of nitrogens with zero attached hydrogens (tertiary/aromatic N) is 4. The molecule has 0 fully saturated rings.